The number of hydrogen-bond donors (Lipinski definition) is 1. The van der Waals surface area contributed by atoms with Gasteiger partial charge in [-0.05, 0) is 18.2 Å². The zero-order valence-electron chi connectivity index (χ0n) is 8.64. The van der Waals surface area contributed by atoms with Crippen molar-refractivity contribution in [1.82, 2.24) is 4.98 Å². The van der Waals surface area contributed by atoms with Crippen LogP contribution >= 0.6 is 11.6 Å². The van der Waals surface area contributed by atoms with Crippen molar-refractivity contribution in [2.75, 3.05) is 7.11 Å². The van der Waals surface area contributed by atoms with Crippen LogP contribution in [0.1, 0.15) is 5.56 Å². The maximum absolute atomic E-state index is 5.98. The lowest BCUT2D eigenvalue weighted by atomic mass is 10.1. The van der Waals surface area contributed by atoms with Gasteiger partial charge < -0.3 is 10.6 Å². The van der Waals surface area contributed by atoms with Crippen molar-refractivity contribution in [1.29, 1.82) is 0 Å². The number of hydrogen-bond acceptors (Lipinski definition) is 4. The zero-order chi connectivity index (χ0) is 11.5. The van der Waals surface area contributed by atoms with Crippen molar-refractivity contribution in [3.05, 3.63) is 35.0 Å². The molecule has 0 bridgehead atoms. The molecular weight excluding hydrogens is 226 g/mol. The van der Waals surface area contributed by atoms with E-state index >= 15 is 0 Å². The third kappa shape index (κ3) is 1.92. The molecule has 2 N–H and O–H groups in total. The summed E-state index contributed by atoms with van der Waals surface area (Å²) < 4.78 is 5.11. The van der Waals surface area contributed by atoms with Gasteiger partial charge in [0.05, 0.1) is 18.8 Å². The number of ether oxygens (including phenoxy) is 1. The Balaban J connectivity index is 2.63. The Morgan fingerprint density at radius 1 is 1.44 bits per heavy atom. The molecule has 0 fully saturated rings. The van der Waals surface area contributed by atoms with E-state index < -0.39 is 0 Å². The van der Waals surface area contributed by atoms with Crippen LogP contribution in [0.15, 0.2) is 29.4 Å². The van der Waals surface area contributed by atoms with Gasteiger partial charge in [0.15, 0.2) is 0 Å². The van der Waals surface area contributed by atoms with Crippen LogP contribution < -0.4 is 10.6 Å². The van der Waals surface area contributed by atoms with Crippen molar-refractivity contribution in [2.45, 2.75) is 0 Å². The van der Waals surface area contributed by atoms with Gasteiger partial charge in [0, 0.05) is 17.0 Å². The quantitative estimate of drug-likeness (QED) is 0.376. The molecule has 1 heterocycles. The second-order valence-electron chi connectivity index (χ2n) is 3.21. The number of rotatable bonds is 2. The molecule has 82 valence electrons. The van der Waals surface area contributed by atoms with E-state index in [4.69, 9.17) is 22.2 Å². The molecule has 0 spiro atoms. The number of aromatic nitrogens is 1. The Labute approximate surface area is 97.7 Å². The summed E-state index contributed by atoms with van der Waals surface area (Å²) in [5.74, 6) is 5.83. The number of nitrogens with two attached hydrogens (primary N) is 1. The molecule has 0 saturated heterocycles. The van der Waals surface area contributed by atoms with Crippen molar-refractivity contribution >= 4 is 28.7 Å². The van der Waals surface area contributed by atoms with Crippen LogP contribution in [0.3, 0.4) is 0 Å². The summed E-state index contributed by atoms with van der Waals surface area (Å²) in [6.07, 6.45) is 1.47. The molecule has 0 unspecified atom stereocenters. The van der Waals surface area contributed by atoms with Gasteiger partial charge >= 0.3 is 0 Å². The van der Waals surface area contributed by atoms with E-state index in [0.29, 0.717) is 10.7 Å². The van der Waals surface area contributed by atoms with E-state index in [1.807, 2.05) is 24.3 Å². The lowest BCUT2D eigenvalue weighted by Crippen LogP contribution is -1.92. The molecule has 0 aliphatic heterocycles. The topological polar surface area (TPSA) is 60.5 Å². The van der Waals surface area contributed by atoms with Crippen LogP contribution in [-0.4, -0.2) is 18.3 Å². The fourth-order valence-electron chi connectivity index (χ4n) is 1.44. The second-order valence-corrected chi connectivity index (χ2v) is 3.56. The Morgan fingerprint density at radius 2 is 2.25 bits per heavy atom. The summed E-state index contributed by atoms with van der Waals surface area (Å²) >= 11 is 5.98. The van der Waals surface area contributed by atoms with E-state index in [9.17, 15) is 0 Å². The van der Waals surface area contributed by atoms with Gasteiger partial charge in [0.25, 0.3) is 0 Å². The molecule has 0 aliphatic carbocycles. The zero-order valence-corrected chi connectivity index (χ0v) is 9.40. The van der Waals surface area contributed by atoms with Gasteiger partial charge in [0.2, 0.25) is 0 Å². The number of halogens is 1. The fourth-order valence-corrected chi connectivity index (χ4v) is 1.63. The highest BCUT2D eigenvalue weighted by Crippen LogP contribution is 2.23. The van der Waals surface area contributed by atoms with Gasteiger partial charge in [0.1, 0.15) is 10.9 Å². The monoisotopic (exact) mass is 235 g/mol. The average Bonchev–Trinajstić information content (AvgIpc) is 2.30. The Bertz CT molecular complexity index is 554. The third-order valence-corrected chi connectivity index (χ3v) is 2.52. The van der Waals surface area contributed by atoms with Gasteiger partial charge in [-0.25, -0.2) is 4.98 Å². The predicted octanol–water partition coefficient (Wildman–Crippen LogP) is 2.19. The molecule has 0 radical (unpaired) electrons. The molecule has 2 aromatic rings. The predicted molar refractivity (Wildman–Crippen MR) is 65.1 cm³/mol. The lowest BCUT2D eigenvalue weighted by molar-refractivity contribution is 0.415. The maximum atomic E-state index is 5.98. The van der Waals surface area contributed by atoms with E-state index in [-0.39, 0.29) is 0 Å². The first kappa shape index (κ1) is 10.7. The van der Waals surface area contributed by atoms with Crippen molar-refractivity contribution < 1.29 is 4.74 Å². The van der Waals surface area contributed by atoms with Crippen molar-refractivity contribution in [2.24, 2.45) is 10.9 Å². The van der Waals surface area contributed by atoms with Crippen molar-refractivity contribution in [3.8, 4) is 5.75 Å². The standard InChI is InChI=1S/C11H10ClN3O/c1-16-9-3-2-7-4-8(6-14-13)11(12)15-10(7)5-9/h2-6H,13H2,1H3/b14-6-. The normalized spacial score (nSPS) is 11.1. The van der Waals surface area contributed by atoms with Gasteiger partial charge in [-0.1, -0.05) is 11.6 Å². The molecular formula is C11H10ClN3O. The van der Waals surface area contributed by atoms with Gasteiger partial charge in [-0.15, -0.1) is 0 Å². The number of nitrogens with zero attached hydrogens (tertiary/aromatic N) is 2. The minimum atomic E-state index is 0.370. The highest BCUT2D eigenvalue weighted by molar-refractivity contribution is 6.32. The number of pyridine rings is 1. The first-order valence-corrected chi connectivity index (χ1v) is 5.00. The molecule has 16 heavy (non-hydrogen) atoms. The Kier molecular flexibility index (Phi) is 2.92. The van der Waals surface area contributed by atoms with E-state index in [1.165, 1.54) is 6.21 Å². The minimum Gasteiger partial charge on any atom is -0.497 e. The van der Waals surface area contributed by atoms with Crippen LogP contribution in [-0.2, 0) is 0 Å². The van der Waals surface area contributed by atoms with Gasteiger partial charge in [-0.3, -0.25) is 0 Å². The van der Waals surface area contributed by atoms with Crippen LogP contribution in [0.2, 0.25) is 5.15 Å². The summed E-state index contributed by atoms with van der Waals surface area (Å²) in [6, 6.07) is 7.47. The van der Waals surface area contributed by atoms with E-state index in [0.717, 1.165) is 16.7 Å². The Morgan fingerprint density at radius 3 is 2.94 bits per heavy atom. The third-order valence-electron chi connectivity index (χ3n) is 2.22. The number of hydrazone groups is 1. The molecule has 2 rings (SSSR count). The SMILES string of the molecule is COc1ccc2cc(/C=N\N)c(Cl)nc2c1. The van der Waals surface area contributed by atoms with Gasteiger partial charge in [-0.2, -0.15) is 5.10 Å². The first-order chi connectivity index (χ1) is 7.74. The lowest BCUT2D eigenvalue weighted by Gasteiger charge is -2.04. The van der Waals surface area contributed by atoms with Crippen LogP contribution in [0, 0.1) is 0 Å². The molecule has 1 aromatic heterocycles. The first-order valence-electron chi connectivity index (χ1n) is 4.62. The molecule has 0 atom stereocenters. The second kappa shape index (κ2) is 4.37. The summed E-state index contributed by atoms with van der Waals surface area (Å²) in [4.78, 5) is 4.24. The van der Waals surface area contributed by atoms with Crippen LogP contribution in [0.5, 0.6) is 5.75 Å². The largest absolute Gasteiger partial charge is 0.497 e. The smallest absolute Gasteiger partial charge is 0.138 e. The molecule has 1 aromatic carbocycles. The van der Waals surface area contributed by atoms with Crippen molar-refractivity contribution in [3.63, 3.8) is 0 Å². The van der Waals surface area contributed by atoms with E-state index in [2.05, 4.69) is 10.1 Å². The summed E-state index contributed by atoms with van der Waals surface area (Å²) in [7, 11) is 1.61. The summed E-state index contributed by atoms with van der Waals surface area (Å²) in [5.41, 5.74) is 1.47. The molecule has 0 saturated carbocycles. The summed E-state index contributed by atoms with van der Waals surface area (Å²) in [6.45, 7) is 0. The highest BCUT2D eigenvalue weighted by Gasteiger charge is 2.04. The molecule has 4 nitrogen and oxygen atoms in total. The van der Waals surface area contributed by atoms with Crippen LogP contribution in [0.25, 0.3) is 10.9 Å². The maximum Gasteiger partial charge on any atom is 0.138 e. The van der Waals surface area contributed by atoms with Crippen LogP contribution in [0.4, 0.5) is 0 Å². The molecule has 0 amide bonds. The number of methoxy groups -OCH3 is 1. The highest BCUT2D eigenvalue weighted by atomic mass is 35.5. The Hall–Kier alpha value is -1.81. The average molecular weight is 236 g/mol. The number of fused-ring (bicyclic) bond motifs is 1. The minimum absolute atomic E-state index is 0.370. The number of benzene rings is 1. The molecule has 0 aliphatic rings. The fraction of sp³-hybridized carbons (Fsp3) is 0.0909. The van der Waals surface area contributed by atoms with E-state index in [1.54, 1.807) is 7.11 Å². The summed E-state index contributed by atoms with van der Waals surface area (Å²) in [5, 5.41) is 4.76. The molecule has 5 heteroatoms.